The Kier molecular flexibility index (Phi) is 5.88. The first kappa shape index (κ1) is 16.1. The molecule has 1 heterocycles. The Morgan fingerprint density at radius 2 is 2.14 bits per heavy atom. The number of carbonyl (C=O) groups is 1. The minimum Gasteiger partial charge on any atom is -0.493 e. The second-order valence-corrected chi connectivity index (χ2v) is 5.77. The zero-order chi connectivity index (χ0) is 15.2. The zero-order valence-electron chi connectivity index (χ0n) is 12.5. The zero-order valence-corrected chi connectivity index (χ0v) is 13.3. The van der Waals surface area contributed by atoms with Crippen LogP contribution in [0.2, 0.25) is 5.02 Å². The van der Waals surface area contributed by atoms with Gasteiger partial charge in [-0.1, -0.05) is 18.5 Å². The number of methoxy groups -OCH3 is 1. The van der Waals surface area contributed by atoms with Crippen LogP contribution in [0.4, 0.5) is 0 Å². The summed E-state index contributed by atoms with van der Waals surface area (Å²) in [7, 11) is 1.43. The number of ether oxygens (including phenoxy) is 2. The fraction of sp³-hybridized carbons (Fsp3) is 0.562. The lowest BCUT2D eigenvalue weighted by Gasteiger charge is -2.22. The minimum absolute atomic E-state index is 0.188. The third kappa shape index (κ3) is 4.35. The SMILES string of the molecule is CCN1CCC(C(COc2ccc(Cl)cc2)C(=O)OC)C1. The van der Waals surface area contributed by atoms with E-state index in [1.807, 2.05) is 12.1 Å². The van der Waals surface area contributed by atoms with Crippen molar-refractivity contribution in [3.05, 3.63) is 29.3 Å². The van der Waals surface area contributed by atoms with Crippen LogP contribution < -0.4 is 4.74 Å². The maximum Gasteiger partial charge on any atom is 0.312 e. The van der Waals surface area contributed by atoms with Gasteiger partial charge >= 0.3 is 5.97 Å². The van der Waals surface area contributed by atoms with Crippen molar-refractivity contribution in [1.82, 2.24) is 4.90 Å². The summed E-state index contributed by atoms with van der Waals surface area (Å²) in [4.78, 5) is 14.4. The van der Waals surface area contributed by atoms with Crippen molar-refractivity contribution in [3.8, 4) is 5.75 Å². The smallest absolute Gasteiger partial charge is 0.312 e. The standard InChI is InChI=1S/C16H22ClNO3/c1-3-18-9-8-12(10-18)15(16(19)20-2)11-21-14-6-4-13(17)5-7-14/h4-7,12,15H,3,8-11H2,1-2H3. The highest BCUT2D eigenvalue weighted by molar-refractivity contribution is 6.30. The summed E-state index contributed by atoms with van der Waals surface area (Å²) in [6.45, 7) is 5.47. The molecule has 2 atom stereocenters. The molecule has 0 radical (unpaired) electrons. The molecular formula is C16H22ClNO3. The molecule has 0 saturated carbocycles. The Balaban J connectivity index is 1.97. The molecule has 0 amide bonds. The third-order valence-electron chi connectivity index (χ3n) is 4.07. The fourth-order valence-electron chi connectivity index (χ4n) is 2.74. The molecule has 0 N–H and O–H groups in total. The minimum atomic E-state index is -0.220. The molecule has 0 spiro atoms. The van der Waals surface area contributed by atoms with E-state index >= 15 is 0 Å². The molecule has 1 fully saturated rings. The van der Waals surface area contributed by atoms with Crippen molar-refractivity contribution in [1.29, 1.82) is 0 Å². The van der Waals surface area contributed by atoms with Gasteiger partial charge in [-0.15, -0.1) is 0 Å². The van der Waals surface area contributed by atoms with Gasteiger partial charge in [-0.3, -0.25) is 4.79 Å². The van der Waals surface area contributed by atoms with Gasteiger partial charge in [-0.25, -0.2) is 0 Å². The Labute approximate surface area is 131 Å². The maximum absolute atomic E-state index is 12.0. The Hall–Kier alpha value is -1.26. The molecular weight excluding hydrogens is 290 g/mol. The number of rotatable bonds is 6. The largest absolute Gasteiger partial charge is 0.493 e. The van der Waals surface area contributed by atoms with Gasteiger partial charge in [-0.2, -0.15) is 0 Å². The predicted octanol–water partition coefficient (Wildman–Crippen LogP) is 2.85. The topological polar surface area (TPSA) is 38.8 Å². The van der Waals surface area contributed by atoms with E-state index in [1.165, 1.54) is 7.11 Å². The van der Waals surface area contributed by atoms with E-state index in [9.17, 15) is 4.79 Å². The third-order valence-corrected chi connectivity index (χ3v) is 4.32. The van der Waals surface area contributed by atoms with Crippen molar-refractivity contribution >= 4 is 17.6 Å². The van der Waals surface area contributed by atoms with Crippen LogP contribution in [0.1, 0.15) is 13.3 Å². The molecule has 2 rings (SSSR count). The summed E-state index contributed by atoms with van der Waals surface area (Å²) in [5.41, 5.74) is 0. The maximum atomic E-state index is 12.0. The van der Waals surface area contributed by atoms with Crippen molar-refractivity contribution < 1.29 is 14.3 Å². The molecule has 1 aliphatic heterocycles. The number of hydrogen-bond acceptors (Lipinski definition) is 4. The number of likely N-dealkylation sites (tertiary alicyclic amines) is 1. The fourth-order valence-corrected chi connectivity index (χ4v) is 2.87. The number of nitrogens with zero attached hydrogens (tertiary/aromatic N) is 1. The molecule has 0 bridgehead atoms. The van der Waals surface area contributed by atoms with E-state index in [0.29, 0.717) is 17.5 Å². The van der Waals surface area contributed by atoms with Crippen LogP contribution in [0.5, 0.6) is 5.75 Å². The monoisotopic (exact) mass is 311 g/mol. The highest BCUT2D eigenvalue weighted by Crippen LogP contribution is 2.26. The number of hydrogen-bond donors (Lipinski definition) is 0. The van der Waals surface area contributed by atoms with Crippen molar-refractivity contribution in [2.75, 3.05) is 33.4 Å². The van der Waals surface area contributed by atoms with Crippen LogP contribution in [-0.4, -0.2) is 44.2 Å². The molecule has 4 nitrogen and oxygen atoms in total. The van der Waals surface area contributed by atoms with Gasteiger partial charge in [0.15, 0.2) is 0 Å². The predicted molar refractivity (Wildman–Crippen MR) is 82.7 cm³/mol. The van der Waals surface area contributed by atoms with Gasteiger partial charge in [-0.05, 0) is 49.7 Å². The van der Waals surface area contributed by atoms with Gasteiger partial charge in [0.05, 0.1) is 13.0 Å². The summed E-state index contributed by atoms with van der Waals surface area (Å²) in [5, 5.41) is 0.668. The molecule has 1 saturated heterocycles. The number of benzene rings is 1. The Morgan fingerprint density at radius 1 is 1.43 bits per heavy atom. The van der Waals surface area contributed by atoms with Crippen molar-refractivity contribution in [2.24, 2.45) is 11.8 Å². The molecule has 1 aliphatic rings. The summed E-state index contributed by atoms with van der Waals surface area (Å²) in [5.74, 6) is 0.609. The molecule has 1 aromatic rings. The molecule has 5 heteroatoms. The summed E-state index contributed by atoms with van der Waals surface area (Å²) in [6, 6.07) is 7.17. The summed E-state index contributed by atoms with van der Waals surface area (Å²) < 4.78 is 10.7. The molecule has 2 unspecified atom stereocenters. The molecule has 21 heavy (non-hydrogen) atoms. The normalized spacial score (nSPS) is 20.2. The van der Waals surface area contributed by atoms with E-state index in [4.69, 9.17) is 21.1 Å². The van der Waals surface area contributed by atoms with Gasteiger partial charge in [0.25, 0.3) is 0 Å². The summed E-state index contributed by atoms with van der Waals surface area (Å²) >= 11 is 5.85. The number of carbonyl (C=O) groups excluding carboxylic acids is 1. The van der Waals surface area contributed by atoms with Gasteiger partial charge < -0.3 is 14.4 Å². The highest BCUT2D eigenvalue weighted by atomic mass is 35.5. The van der Waals surface area contributed by atoms with Crippen LogP contribution in [-0.2, 0) is 9.53 Å². The van der Waals surface area contributed by atoms with E-state index in [2.05, 4.69) is 11.8 Å². The number of esters is 1. The van der Waals surface area contributed by atoms with Gasteiger partial charge in [0, 0.05) is 11.6 Å². The van der Waals surface area contributed by atoms with Gasteiger partial charge in [0.1, 0.15) is 12.4 Å². The second-order valence-electron chi connectivity index (χ2n) is 5.34. The van der Waals surface area contributed by atoms with Crippen LogP contribution in [0, 0.1) is 11.8 Å². The van der Waals surface area contributed by atoms with Gasteiger partial charge in [0.2, 0.25) is 0 Å². The molecule has 116 valence electrons. The molecule has 0 aromatic heterocycles. The lowest BCUT2D eigenvalue weighted by molar-refractivity contribution is -0.148. The Morgan fingerprint density at radius 3 is 2.71 bits per heavy atom. The van der Waals surface area contributed by atoms with Crippen molar-refractivity contribution in [2.45, 2.75) is 13.3 Å². The van der Waals surface area contributed by atoms with E-state index in [1.54, 1.807) is 12.1 Å². The van der Waals surface area contributed by atoms with Crippen LogP contribution in [0.3, 0.4) is 0 Å². The highest BCUT2D eigenvalue weighted by Gasteiger charge is 2.34. The van der Waals surface area contributed by atoms with E-state index in [0.717, 1.165) is 31.8 Å². The second kappa shape index (κ2) is 7.66. The van der Waals surface area contributed by atoms with Crippen LogP contribution in [0.25, 0.3) is 0 Å². The average molecular weight is 312 g/mol. The summed E-state index contributed by atoms with van der Waals surface area (Å²) in [6.07, 6.45) is 1.01. The Bertz CT molecular complexity index is 463. The first-order valence-corrected chi connectivity index (χ1v) is 7.70. The van der Waals surface area contributed by atoms with Crippen LogP contribution >= 0.6 is 11.6 Å². The first-order valence-electron chi connectivity index (χ1n) is 7.32. The lowest BCUT2D eigenvalue weighted by atomic mass is 9.92. The quantitative estimate of drug-likeness (QED) is 0.757. The van der Waals surface area contributed by atoms with Crippen molar-refractivity contribution in [3.63, 3.8) is 0 Å². The molecule has 1 aromatic carbocycles. The van der Waals surface area contributed by atoms with E-state index < -0.39 is 0 Å². The number of halogens is 1. The lowest BCUT2D eigenvalue weighted by Crippen LogP contribution is -2.32. The first-order chi connectivity index (χ1) is 10.1. The average Bonchev–Trinajstić information content (AvgIpc) is 2.97. The van der Waals surface area contributed by atoms with Crippen LogP contribution in [0.15, 0.2) is 24.3 Å². The van der Waals surface area contributed by atoms with E-state index in [-0.39, 0.29) is 11.9 Å². The molecule has 0 aliphatic carbocycles.